The lowest BCUT2D eigenvalue weighted by Gasteiger charge is -2.17. The van der Waals surface area contributed by atoms with E-state index in [-0.39, 0.29) is 24.1 Å². The Bertz CT molecular complexity index is 313. The highest BCUT2D eigenvalue weighted by Crippen LogP contribution is 2.23. The van der Waals surface area contributed by atoms with Crippen LogP contribution in [0.25, 0.3) is 0 Å². The van der Waals surface area contributed by atoms with Crippen molar-refractivity contribution in [3.8, 4) is 0 Å². The lowest BCUT2D eigenvalue weighted by molar-refractivity contribution is -0.115. The van der Waals surface area contributed by atoms with Gasteiger partial charge in [-0.2, -0.15) is 0 Å². The van der Waals surface area contributed by atoms with E-state index in [4.69, 9.17) is 5.11 Å². The zero-order chi connectivity index (χ0) is 11.3. The zero-order valence-corrected chi connectivity index (χ0v) is 8.90. The van der Waals surface area contributed by atoms with E-state index >= 15 is 0 Å². The van der Waals surface area contributed by atoms with Gasteiger partial charge in [0, 0.05) is 12.2 Å². The summed E-state index contributed by atoms with van der Waals surface area (Å²) < 4.78 is 0. The highest BCUT2D eigenvalue weighted by Gasteiger charge is 2.20. The molecule has 3 nitrogen and oxygen atoms in total. The molecule has 15 heavy (non-hydrogen) atoms. The van der Waals surface area contributed by atoms with Gasteiger partial charge in [0.2, 0.25) is 0 Å². The molecule has 0 heterocycles. The minimum absolute atomic E-state index is 0.0700. The Labute approximate surface area is 89.5 Å². The normalized spacial score (nSPS) is 17.9. The van der Waals surface area contributed by atoms with Crippen LogP contribution < -0.4 is 0 Å². The number of carbonyl (C=O) groups excluding carboxylic acids is 2. The summed E-state index contributed by atoms with van der Waals surface area (Å²) in [6, 6.07) is 0. The van der Waals surface area contributed by atoms with E-state index in [9.17, 15) is 9.59 Å². The third kappa shape index (κ3) is 3.13. The van der Waals surface area contributed by atoms with E-state index in [2.05, 4.69) is 0 Å². The second-order valence-electron chi connectivity index (χ2n) is 3.67. The van der Waals surface area contributed by atoms with Crippen LogP contribution in [0, 0.1) is 5.92 Å². The molecule has 3 heteroatoms. The molecule has 1 aliphatic rings. The topological polar surface area (TPSA) is 54.4 Å². The van der Waals surface area contributed by atoms with Gasteiger partial charge in [0.05, 0.1) is 0 Å². The fourth-order valence-corrected chi connectivity index (χ4v) is 1.76. The smallest absolute Gasteiger partial charge is 0.182 e. The molecule has 1 atom stereocenters. The molecule has 0 aliphatic heterocycles. The Morgan fingerprint density at radius 2 is 2.07 bits per heavy atom. The van der Waals surface area contributed by atoms with Crippen molar-refractivity contribution in [1.82, 2.24) is 0 Å². The zero-order valence-electron chi connectivity index (χ0n) is 8.90. The minimum atomic E-state index is -0.118. The maximum Gasteiger partial charge on any atom is 0.182 e. The van der Waals surface area contributed by atoms with Gasteiger partial charge in [-0.25, -0.2) is 0 Å². The van der Waals surface area contributed by atoms with Crippen molar-refractivity contribution >= 4 is 11.6 Å². The molecule has 0 aromatic rings. The van der Waals surface area contributed by atoms with Crippen molar-refractivity contribution in [3.05, 3.63) is 23.8 Å². The summed E-state index contributed by atoms with van der Waals surface area (Å²) in [6.45, 7) is 2.11. The van der Waals surface area contributed by atoms with Crippen LogP contribution in [-0.2, 0) is 9.59 Å². The fraction of sp³-hybridized carbons (Fsp3) is 0.500. The van der Waals surface area contributed by atoms with Crippen LogP contribution in [0.15, 0.2) is 23.8 Å². The lowest BCUT2D eigenvalue weighted by atomic mass is 9.86. The van der Waals surface area contributed by atoms with Crippen LogP contribution in [0.5, 0.6) is 0 Å². The summed E-state index contributed by atoms with van der Waals surface area (Å²) in [7, 11) is 0. The summed E-state index contributed by atoms with van der Waals surface area (Å²) in [5, 5.41) is 8.74. The Balaban J connectivity index is 2.74. The van der Waals surface area contributed by atoms with Crippen molar-refractivity contribution in [3.63, 3.8) is 0 Å². The van der Waals surface area contributed by atoms with Gasteiger partial charge in [-0.05, 0) is 43.4 Å². The van der Waals surface area contributed by atoms with Crippen LogP contribution in [0.1, 0.15) is 26.2 Å². The summed E-state index contributed by atoms with van der Waals surface area (Å²) in [5.41, 5.74) is 0.596. The van der Waals surface area contributed by atoms with Crippen LogP contribution in [-0.4, -0.2) is 23.3 Å². The first-order valence-electron chi connectivity index (χ1n) is 5.27. The van der Waals surface area contributed by atoms with Crippen LogP contribution in [0.3, 0.4) is 0 Å². The fourth-order valence-electron chi connectivity index (χ4n) is 1.76. The first-order chi connectivity index (χ1) is 7.19. The summed E-state index contributed by atoms with van der Waals surface area (Å²) in [5.74, 6) is -0.0926. The molecule has 0 aromatic carbocycles. The van der Waals surface area contributed by atoms with E-state index in [1.54, 1.807) is 0 Å². The van der Waals surface area contributed by atoms with Crippen molar-refractivity contribution < 1.29 is 14.7 Å². The second-order valence-corrected chi connectivity index (χ2v) is 3.67. The summed E-state index contributed by atoms with van der Waals surface area (Å²) >= 11 is 0. The molecule has 0 amide bonds. The van der Waals surface area contributed by atoms with Crippen molar-refractivity contribution in [2.45, 2.75) is 26.2 Å². The molecule has 0 saturated carbocycles. The first-order valence-corrected chi connectivity index (χ1v) is 5.27. The lowest BCUT2D eigenvalue weighted by Crippen LogP contribution is -2.16. The van der Waals surface area contributed by atoms with Gasteiger partial charge < -0.3 is 5.11 Å². The number of carbonyl (C=O) groups is 2. The largest absolute Gasteiger partial charge is 0.396 e. The van der Waals surface area contributed by atoms with Crippen molar-refractivity contribution in [2.24, 2.45) is 5.92 Å². The van der Waals surface area contributed by atoms with Gasteiger partial charge in [-0.3, -0.25) is 9.59 Å². The molecule has 0 fully saturated rings. The molecule has 0 aromatic heterocycles. The van der Waals surface area contributed by atoms with Gasteiger partial charge >= 0.3 is 0 Å². The number of hydrogen-bond donors (Lipinski definition) is 1. The van der Waals surface area contributed by atoms with E-state index < -0.39 is 0 Å². The Hall–Kier alpha value is -1.22. The number of aliphatic hydroxyl groups is 1. The summed E-state index contributed by atoms with van der Waals surface area (Å²) in [4.78, 5) is 22.7. The summed E-state index contributed by atoms with van der Waals surface area (Å²) in [6.07, 6.45) is 6.29. The molecule has 0 bridgehead atoms. The number of aliphatic hydroxyl groups excluding tert-OH is 1. The third-order valence-corrected chi connectivity index (χ3v) is 2.62. The van der Waals surface area contributed by atoms with E-state index in [1.165, 1.54) is 18.2 Å². The molecular formula is C12H16O3. The molecular weight excluding hydrogens is 192 g/mol. The first kappa shape index (κ1) is 11.9. The minimum Gasteiger partial charge on any atom is -0.396 e. The van der Waals surface area contributed by atoms with Gasteiger partial charge in [-0.1, -0.05) is 6.92 Å². The second kappa shape index (κ2) is 5.61. The number of allylic oxidation sites excluding steroid dienone is 4. The van der Waals surface area contributed by atoms with Crippen LogP contribution >= 0.6 is 0 Å². The maximum atomic E-state index is 11.5. The van der Waals surface area contributed by atoms with Crippen LogP contribution in [0.4, 0.5) is 0 Å². The molecule has 0 spiro atoms. The highest BCUT2D eigenvalue weighted by atomic mass is 16.2. The highest BCUT2D eigenvalue weighted by molar-refractivity contribution is 6.17. The number of rotatable bonds is 5. The molecule has 1 aliphatic carbocycles. The predicted octanol–water partition coefficient (Wildman–Crippen LogP) is 1.42. The Morgan fingerprint density at radius 1 is 1.33 bits per heavy atom. The SMILES string of the molecule is CCC(CCCO)C1=CC(=O)C=CC1=O. The average molecular weight is 208 g/mol. The van der Waals surface area contributed by atoms with Crippen LogP contribution in [0.2, 0.25) is 0 Å². The molecule has 1 N–H and O–H groups in total. The quantitative estimate of drug-likeness (QED) is 0.695. The molecule has 0 saturated heterocycles. The average Bonchev–Trinajstić information content (AvgIpc) is 2.24. The monoisotopic (exact) mass is 208 g/mol. The third-order valence-electron chi connectivity index (χ3n) is 2.62. The maximum absolute atomic E-state index is 11.5. The van der Waals surface area contributed by atoms with Crippen molar-refractivity contribution in [2.75, 3.05) is 6.61 Å². The number of hydrogen-bond acceptors (Lipinski definition) is 3. The van der Waals surface area contributed by atoms with Gasteiger partial charge in [0.15, 0.2) is 11.6 Å². The Kier molecular flexibility index (Phi) is 4.43. The van der Waals surface area contributed by atoms with E-state index in [0.717, 1.165) is 12.8 Å². The molecule has 1 unspecified atom stereocenters. The van der Waals surface area contributed by atoms with Crippen molar-refractivity contribution in [1.29, 1.82) is 0 Å². The molecule has 82 valence electrons. The van der Waals surface area contributed by atoms with Gasteiger partial charge in [0.1, 0.15) is 0 Å². The molecule has 1 rings (SSSR count). The molecule has 0 radical (unpaired) electrons. The van der Waals surface area contributed by atoms with E-state index in [0.29, 0.717) is 12.0 Å². The van der Waals surface area contributed by atoms with Gasteiger partial charge in [0.25, 0.3) is 0 Å². The predicted molar refractivity (Wildman–Crippen MR) is 57.3 cm³/mol. The number of ketones is 2. The Morgan fingerprint density at radius 3 is 2.67 bits per heavy atom. The van der Waals surface area contributed by atoms with E-state index in [1.807, 2.05) is 6.92 Å². The van der Waals surface area contributed by atoms with Gasteiger partial charge in [-0.15, -0.1) is 0 Å². The standard InChI is InChI=1S/C12H16O3/c1-2-9(4-3-7-13)11-8-10(14)5-6-12(11)15/h5-6,8-9,13H,2-4,7H2,1H3.